The van der Waals surface area contributed by atoms with Crippen LogP contribution in [-0.2, 0) is 6.42 Å². The molecule has 1 aromatic heterocycles. The van der Waals surface area contributed by atoms with Crippen molar-refractivity contribution in [3.63, 3.8) is 0 Å². The number of nitrogens with one attached hydrogen (secondary N) is 1. The maximum atomic E-state index is 5.65. The number of rotatable bonds is 5. The van der Waals surface area contributed by atoms with Gasteiger partial charge in [0.25, 0.3) is 0 Å². The number of hydrazine groups is 1. The summed E-state index contributed by atoms with van der Waals surface area (Å²) in [5.74, 6) is 5.65. The molecule has 0 aliphatic heterocycles. The Morgan fingerprint density at radius 1 is 1.24 bits per heavy atom. The van der Waals surface area contributed by atoms with Crippen molar-refractivity contribution >= 4 is 11.3 Å². The Kier molecular flexibility index (Phi) is 4.31. The monoisotopic (exact) mass is 246 g/mol. The van der Waals surface area contributed by atoms with Crippen molar-refractivity contribution in [1.82, 2.24) is 5.43 Å². The molecule has 0 fully saturated rings. The van der Waals surface area contributed by atoms with Crippen LogP contribution in [0.25, 0.3) is 0 Å². The van der Waals surface area contributed by atoms with Crippen LogP contribution in [0.3, 0.4) is 0 Å². The van der Waals surface area contributed by atoms with Gasteiger partial charge in [0.15, 0.2) is 0 Å². The molecule has 1 unspecified atom stereocenters. The van der Waals surface area contributed by atoms with Crippen molar-refractivity contribution in [3.8, 4) is 0 Å². The van der Waals surface area contributed by atoms with Crippen LogP contribution in [0.15, 0.2) is 41.8 Å². The van der Waals surface area contributed by atoms with Gasteiger partial charge in [-0.15, -0.1) is 11.3 Å². The first-order valence-electron chi connectivity index (χ1n) is 5.93. The molecule has 1 aromatic carbocycles. The van der Waals surface area contributed by atoms with Crippen molar-refractivity contribution in [2.45, 2.75) is 25.8 Å². The lowest BCUT2D eigenvalue weighted by atomic mass is 10.0. The first kappa shape index (κ1) is 12.3. The molecule has 1 atom stereocenters. The second-order valence-corrected chi connectivity index (χ2v) is 5.09. The topological polar surface area (TPSA) is 38.0 Å². The number of nitrogens with two attached hydrogens (primary N) is 1. The van der Waals surface area contributed by atoms with E-state index >= 15 is 0 Å². The molecule has 0 aliphatic carbocycles. The van der Waals surface area contributed by atoms with Crippen LogP contribution in [0.5, 0.6) is 0 Å². The number of benzene rings is 1. The van der Waals surface area contributed by atoms with Gasteiger partial charge >= 0.3 is 0 Å². The molecule has 0 radical (unpaired) electrons. The van der Waals surface area contributed by atoms with Crippen molar-refractivity contribution in [3.05, 3.63) is 57.8 Å². The molecule has 2 nitrogen and oxygen atoms in total. The average molecular weight is 246 g/mol. The molecule has 0 saturated heterocycles. The Hall–Kier alpha value is -1.16. The van der Waals surface area contributed by atoms with E-state index < -0.39 is 0 Å². The highest BCUT2D eigenvalue weighted by Crippen LogP contribution is 2.25. The first-order valence-corrected chi connectivity index (χ1v) is 6.81. The van der Waals surface area contributed by atoms with Gasteiger partial charge < -0.3 is 0 Å². The van der Waals surface area contributed by atoms with E-state index in [0.29, 0.717) is 0 Å². The summed E-state index contributed by atoms with van der Waals surface area (Å²) in [6.07, 6.45) is 2.32. The summed E-state index contributed by atoms with van der Waals surface area (Å²) < 4.78 is 0. The molecule has 0 saturated carbocycles. The van der Waals surface area contributed by atoms with Crippen LogP contribution in [0.2, 0.25) is 0 Å². The van der Waals surface area contributed by atoms with Gasteiger partial charge in [0.1, 0.15) is 0 Å². The lowest BCUT2D eigenvalue weighted by molar-refractivity contribution is 0.646. The van der Waals surface area contributed by atoms with Crippen LogP contribution >= 0.6 is 11.3 Å². The lowest BCUT2D eigenvalue weighted by Crippen LogP contribution is -2.28. The maximum absolute atomic E-state index is 5.65. The number of hydrogen-bond acceptors (Lipinski definition) is 3. The molecule has 2 rings (SSSR count). The quantitative estimate of drug-likeness (QED) is 0.628. The van der Waals surface area contributed by atoms with E-state index in [2.05, 4.69) is 54.1 Å². The molecular formula is C14H18N2S. The SMILES string of the molecule is CCCc1ccc(C(NN)c2cccs2)cc1. The van der Waals surface area contributed by atoms with Crippen molar-refractivity contribution < 1.29 is 0 Å². The van der Waals surface area contributed by atoms with Gasteiger partial charge in [-0.2, -0.15) is 0 Å². The van der Waals surface area contributed by atoms with E-state index in [-0.39, 0.29) is 6.04 Å². The molecular weight excluding hydrogens is 228 g/mol. The van der Waals surface area contributed by atoms with Gasteiger partial charge in [-0.05, 0) is 29.0 Å². The molecule has 0 spiro atoms. The van der Waals surface area contributed by atoms with Crippen molar-refractivity contribution in [2.24, 2.45) is 5.84 Å². The smallest absolute Gasteiger partial charge is 0.0802 e. The highest BCUT2D eigenvalue weighted by molar-refractivity contribution is 7.10. The van der Waals surface area contributed by atoms with E-state index in [9.17, 15) is 0 Å². The van der Waals surface area contributed by atoms with Crippen LogP contribution < -0.4 is 11.3 Å². The minimum Gasteiger partial charge on any atom is -0.271 e. The third kappa shape index (κ3) is 2.94. The number of aryl methyl sites for hydroxylation is 1. The summed E-state index contributed by atoms with van der Waals surface area (Å²) in [5, 5.41) is 2.07. The summed E-state index contributed by atoms with van der Waals surface area (Å²) in [6.45, 7) is 2.20. The van der Waals surface area contributed by atoms with Gasteiger partial charge in [0.2, 0.25) is 0 Å². The standard InChI is InChI=1S/C14H18N2S/c1-2-4-11-6-8-12(9-7-11)14(16-15)13-5-3-10-17-13/h3,5-10,14,16H,2,4,15H2,1H3. The van der Waals surface area contributed by atoms with Gasteiger partial charge in [0, 0.05) is 4.88 Å². The van der Waals surface area contributed by atoms with Crippen molar-refractivity contribution in [2.75, 3.05) is 0 Å². The third-order valence-corrected chi connectivity index (χ3v) is 3.78. The molecule has 0 amide bonds. The summed E-state index contributed by atoms with van der Waals surface area (Å²) in [4.78, 5) is 1.25. The lowest BCUT2D eigenvalue weighted by Gasteiger charge is -2.15. The van der Waals surface area contributed by atoms with Crippen LogP contribution in [-0.4, -0.2) is 0 Å². The molecule has 17 heavy (non-hydrogen) atoms. The van der Waals surface area contributed by atoms with Crippen LogP contribution in [0, 0.1) is 0 Å². The summed E-state index contributed by atoms with van der Waals surface area (Å²) >= 11 is 1.72. The molecule has 0 aliphatic rings. The molecule has 3 heteroatoms. The summed E-state index contributed by atoms with van der Waals surface area (Å²) in [5.41, 5.74) is 5.49. The molecule has 2 aromatic rings. The largest absolute Gasteiger partial charge is 0.271 e. The van der Waals surface area contributed by atoms with Crippen molar-refractivity contribution in [1.29, 1.82) is 0 Å². The van der Waals surface area contributed by atoms with E-state index in [1.165, 1.54) is 22.4 Å². The fraction of sp³-hybridized carbons (Fsp3) is 0.286. The second-order valence-electron chi connectivity index (χ2n) is 4.11. The zero-order valence-corrected chi connectivity index (χ0v) is 10.8. The van der Waals surface area contributed by atoms with E-state index in [1.54, 1.807) is 11.3 Å². The van der Waals surface area contributed by atoms with E-state index in [4.69, 9.17) is 5.84 Å². The predicted octanol–water partition coefficient (Wildman–Crippen LogP) is 3.25. The Morgan fingerprint density at radius 3 is 2.53 bits per heavy atom. The minimum atomic E-state index is 0.102. The highest BCUT2D eigenvalue weighted by Gasteiger charge is 2.12. The summed E-state index contributed by atoms with van der Waals surface area (Å²) in [6, 6.07) is 13.0. The Balaban J connectivity index is 2.20. The Labute approximate surface area is 106 Å². The molecule has 0 bridgehead atoms. The Bertz CT molecular complexity index is 434. The fourth-order valence-electron chi connectivity index (χ4n) is 1.96. The average Bonchev–Trinajstić information content (AvgIpc) is 2.86. The second kappa shape index (κ2) is 5.96. The minimum absolute atomic E-state index is 0.102. The summed E-state index contributed by atoms with van der Waals surface area (Å²) in [7, 11) is 0. The third-order valence-electron chi connectivity index (χ3n) is 2.85. The van der Waals surface area contributed by atoms with Gasteiger partial charge in [-0.25, -0.2) is 5.43 Å². The molecule has 1 heterocycles. The fourth-order valence-corrected chi connectivity index (χ4v) is 2.78. The maximum Gasteiger partial charge on any atom is 0.0802 e. The van der Waals surface area contributed by atoms with Crippen LogP contribution in [0.4, 0.5) is 0 Å². The zero-order valence-electron chi connectivity index (χ0n) is 10.0. The number of thiophene rings is 1. The zero-order chi connectivity index (χ0) is 12.1. The van der Waals surface area contributed by atoms with Gasteiger partial charge in [-0.1, -0.05) is 43.7 Å². The molecule has 90 valence electrons. The predicted molar refractivity (Wildman–Crippen MR) is 73.9 cm³/mol. The Morgan fingerprint density at radius 2 is 2.00 bits per heavy atom. The normalized spacial score (nSPS) is 12.6. The van der Waals surface area contributed by atoms with Crippen LogP contribution in [0.1, 0.15) is 35.4 Å². The van der Waals surface area contributed by atoms with E-state index in [1.807, 2.05) is 0 Å². The number of hydrogen-bond donors (Lipinski definition) is 2. The van der Waals surface area contributed by atoms with Gasteiger partial charge in [-0.3, -0.25) is 5.84 Å². The molecule has 3 N–H and O–H groups in total. The first-order chi connectivity index (χ1) is 8.35. The van der Waals surface area contributed by atoms with E-state index in [0.717, 1.165) is 6.42 Å². The van der Waals surface area contributed by atoms with Gasteiger partial charge in [0.05, 0.1) is 6.04 Å². The highest BCUT2D eigenvalue weighted by atomic mass is 32.1.